The predicted molar refractivity (Wildman–Crippen MR) is 75.8 cm³/mol. The van der Waals surface area contributed by atoms with E-state index in [-0.39, 0.29) is 6.54 Å². The number of carbonyl (C=O) groups is 1. The Morgan fingerprint density at radius 3 is 2.55 bits per heavy atom. The van der Waals surface area contributed by atoms with Crippen LogP contribution in [0.2, 0.25) is 0 Å². The predicted octanol–water partition coefficient (Wildman–Crippen LogP) is 2.02. The van der Waals surface area contributed by atoms with E-state index in [0.717, 1.165) is 10.7 Å². The fraction of sp³-hybridized carbons (Fsp3) is 0.500. The highest BCUT2D eigenvalue weighted by atomic mass is 32.2. The molecule has 0 radical (unpaired) electrons. The average Bonchev–Trinajstić information content (AvgIpc) is 2.47. The van der Waals surface area contributed by atoms with E-state index in [1.54, 1.807) is 31.2 Å². The van der Waals surface area contributed by atoms with Crippen LogP contribution in [0.15, 0.2) is 30.3 Å². The van der Waals surface area contributed by atoms with Crippen molar-refractivity contribution in [3.05, 3.63) is 35.9 Å². The third kappa shape index (κ3) is 2.86. The second-order valence-corrected chi connectivity index (χ2v) is 7.26. The van der Waals surface area contributed by atoms with E-state index in [4.69, 9.17) is 0 Å². The standard InChI is InChI=1S/C14H19NO4S/c1-11(12-7-3-2-4-8-12)20(18,19)15-10-6-5-9-13(15)14(16)17/h2-4,7-8,11,13H,5-6,9-10H2,1H3,(H,16,17). The van der Waals surface area contributed by atoms with Crippen LogP contribution in [0, 0.1) is 0 Å². The summed E-state index contributed by atoms with van der Waals surface area (Å²) < 4.78 is 26.5. The topological polar surface area (TPSA) is 74.7 Å². The Hall–Kier alpha value is -1.40. The van der Waals surface area contributed by atoms with E-state index in [2.05, 4.69) is 0 Å². The molecule has 2 rings (SSSR count). The van der Waals surface area contributed by atoms with Crippen LogP contribution in [0.3, 0.4) is 0 Å². The minimum absolute atomic E-state index is 0.288. The second-order valence-electron chi connectivity index (χ2n) is 5.06. The van der Waals surface area contributed by atoms with Crippen molar-refractivity contribution in [2.75, 3.05) is 6.54 Å². The van der Waals surface area contributed by atoms with Gasteiger partial charge in [0.05, 0.1) is 5.25 Å². The Morgan fingerprint density at radius 1 is 1.30 bits per heavy atom. The van der Waals surface area contributed by atoms with E-state index >= 15 is 0 Å². The Bertz CT molecular complexity index is 570. The molecule has 1 heterocycles. The molecule has 0 amide bonds. The minimum Gasteiger partial charge on any atom is -0.480 e. The lowest BCUT2D eigenvalue weighted by atomic mass is 10.1. The lowest BCUT2D eigenvalue weighted by Gasteiger charge is -2.34. The smallest absolute Gasteiger partial charge is 0.322 e. The van der Waals surface area contributed by atoms with Crippen molar-refractivity contribution in [3.63, 3.8) is 0 Å². The zero-order valence-electron chi connectivity index (χ0n) is 11.4. The molecule has 0 bridgehead atoms. The van der Waals surface area contributed by atoms with E-state index < -0.39 is 27.3 Å². The molecular formula is C14H19NO4S. The molecule has 1 aromatic carbocycles. The molecule has 0 aromatic heterocycles. The number of carboxylic acid groups (broad SMARTS) is 1. The normalized spacial score (nSPS) is 22.4. The van der Waals surface area contributed by atoms with Gasteiger partial charge in [0, 0.05) is 6.54 Å². The van der Waals surface area contributed by atoms with Crippen molar-refractivity contribution in [1.82, 2.24) is 4.31 Å². The zero-order valence-corrected chi connectivity index (χ0v) is 12.2. The summed E-state index contributed by atoms with van der Waals surface area (Å²) in [6.07, 6.45) is 1.85. The van der Waals surface area contributed by atoms with E-state index in [0.29, 0.717) is 18.4 Å². The highest BCUT2D eigenvalue weighted by Gasteiger charge is 2.39. The number of sulfonamides is 1. The summed E-state index contributed by atoms with van der Waals surface area (Å²) >= 11 is 0. The second kappa shape index (κ2) is 5.93. The number of benzene rings is 1. The minimum atomic E-state index is -3.66. The molecule has 1 N–H and O–H groups in total. The number of aliphatic carboxylic acids is 1. The highest BCUT2D eigenvalue weighted by Crippen LogP contribution is 2.30. The fourth-order valence-corrected chi connectivity index (χ4v) is 4.40. The average molecular weight is 297 g/mol. The molecular weight excluding hydrogens is 278 g/mol. The van der Waals surface area contributed by atoms with Crippen LogP contribution in [0.5, 0.6) is 0 Å². The van der Waals surface area contributed by atoms with Crippen LogP contribution in [0.25, 0.3) is 0 Å². The van der Waals surface area contributed by atoms with Crippen LogP contribution in [0.1, 0.15) is 37.0 Å². The van der Waals surface area contributed by atoms with E-state index in [1.807, 2.05) is 6.07 Å². The van der Waals surface area contributed by atoms with Crippen molar-refractivity contribution < 1.29 is 18.3 Å². The monoisotopic (exact) mass is 297 g/mol. The zero-order chi connectivity index (χ0) is 14.8. The molecule has 110 valence electrons. The first-order chi connectivity index (χ1) is 9.44. The molecule has 2 unspecified atom stereocenters. The molecule has 1 aliphatic heterocycles. The number of rotatable bonds is 4. The van der Waals surface area contributed by atoms with Gasteiger partial charge < -0.3 is 5.11 Å². The van der Waals surface area contributed by atoms with Crippen LogP contribution in [0.4, 0.5) is 0 Å². The Balaban J connectivity index is 2.31. The Morgan fingerprint density at radius 2 is 1.95 bits per heavy atom. The van der Waals surface area contributed by atoms with Crippen LogP contribution >= 0.6 is 0 Å². The lowest BCUT2D eigenvalue weighted by molar-refractivity contribution is -0.142. The molecule has 1 aromatic rings. The van der Waals surface area contributed by atoms with Crippen molar-refractivity contribution in [1.29, 1.82) is 0 Å². The van der Waals surface area contributed by atoms with Crippen molar-refractivity contribution in [3.8, 4) is 0 Å². The van der Waals surface area contributed by atoms with Crippen LogP contribution in [-0.4, -0.2) is 36.4 Å². The molecule has 20 heavy (non-hydrogen) atoms. The molecule has 5 nitrogen and oxygen atoms in total. The molecule has 0 saturated carbocycles. The number of carboxylic acids is 1. The van der Waals surface area contributed by atoms with Gasteiger partial charge in [-0.15, -0.1) is 0 Å². The lowest BCUT2D eigenvalue weighted by Crippen LogP contribution is -2.49. The SMILES string of the molecule is CC(c1ccccc1)S(=O)(=O)N1CCCCC1C(=O)O. The maximum Gasteiger partial charge on any atom is 0.322 e. The summed E-state index contributed by atoms with van der Waals surface area (Å²) in [6, 6.07) is 7.96. The summed E-state index contributed by atoms with van der Waals surface area (Å²) in [5, 5.41) is 8.49. The van der Waals surface area contributed by atoms with Gasteiger partial charge in [0.25, 0.3) is 0 Å². The summed E-state index contributed by atoms with van der Waals surface area (Å²) in [6.45, 7) is 1.90. The van der Waals surface area contributed by atoms with Gasteiger partial charge in [-0.1, -0.05) is 30.3 Å². The van der Waals surface area contributed by atoms with Crippen LogP contribution < -0.4 is 0 Å². The number of nitrogens with zero attached hydrogens (tertiary/aromatic N) is 1. The first-order valence-corrected chi connectivity index (χ1v) is 8.23. The first-order valence-electron chi connectivity index (χ1n) is 6.73. The number of hydrogen-bond donors (Lipinski definition) is 1. The first kappa shape index (κ1) is 15.0. The Labute approximate surface area is 119 Å². The number of hydrogen-bond acceptors (Lipinski definition) is 3. The van der Waals surface area contributed by atoms with Gasteiger partial charge in [-0.2, -0.15) is 4.31 Å². The largest absolute Gasteiger partial charge is 0.480 e. The maximum atomic E-state index is 12.7. The van der Waals surface area contributed by atoms with Crippen molar-refractivity contribution in [2.45, 2.75) is 37.5 Å². The van der Waals surface area contributed by atoms with Gasteiger partial charge in [0.1, 0.15) is 6.04 Å². The molecule has 2 atom stereocenters. The van der Waals surface area contributed by atoms with Crippen molar-refractivity contribution >= 4 is 16.0 Å². The van der Waals surface area contributed by atoms with E-state index in [1.165, 1.54) is 0 Å². The van der Waals surface area contributed by atoms with Crippen molar-refractivity contribution in [2.24, 2.45) is 0 Å². The summed E-state index contributed by atoms with van der Waals surface area (Å²) in [4.78, 5) is 11.3. The molecule has 0 aliphatic carbocycles. The molecule has 1 aliphatic rings. The summed E-state index contributed by atoms with van der Waals surface area (Å²) in [7, 11) is -3.66. The fourth-order valence-electron chi connectivity index (χ4n) is 2.56. The van der Waals surface area contributed by atoms with Gasteiger partial charge in [0.2, 0.25) is 10.0 Å². The maximum absolute atomic E-state index is 12.7. The quantitative estimate of drug-likeness (QED) is 0.922. The van der Waals surface area contributed by atoms with E-state index in [9.17, 15) is 18.3 Å². The third-order valence-electron chi connectivity index (χ3n) is 3.78. The van der Waals surface area contributed by atoms with Crippen LogP contribution in [-0.2, 0) is 14.8 Å². The van der Waals surface area contributed by atoms with Gasteiger partial charge >= 0.3 is 5.97 Å². The summed E-state index contributed by atoms with van der Waals surface area (Å²) in [5.41, 5.74) is 0.683. The summed E-state index contributed by atoms with van der Waals surface area (Å²) in [5.74, 6) is -1.06. The molecule has 1 fully saturated rings. The van der Waals surface area contributed by atoms with Gasteiger partial charge in [-0.25, -0.2) is 8.42 Å². The molecule has 0 spiro atoms. The highest BCUT2D eigenvalue weighted by molar-refractivity contribution is 7.89. The van der Waals surface area contributed by atoms with Gasteiger partial charge in [-0.05, 0) is 31.7 Å². The number of piperidine rings is 1. The molecule has 6 heteroatoms. The van der Waals surface area contributed by atoms with Gasteiger partial charge in [0.15, 0.2) is 0 Å². The van der Waals surface area contributed by atoms with Gasteiger partial charge in [-0.3, -0.25) is 4.79 Å². The Kier molecular flexibility index (Phi) is 4.45. The molecule has 1 saturated heterocycles. The third-order valence-corrected chi connectivity index (χ3v) is 6.04.